The number of benzene rings is 3. The highest BCUT2D eigenvalue weighted by Crippen LogP contribution is 2.44. The van der Waals surface area contributed by atoms with Gasteiger partial charge in [0.05, 0.1) is 12.3 Å². The van der Waals surface area contributed by atoms with Gasteiger partial charge in [0, 0.05) is 25.0 Å². The molecule has 1 fully saturated rings. The van der Waals surface area contributed by atoms with Gasteiger partial charge in [0.15, 0.2) is 0 Å². The Bertz CT molecular complexity index is 1300. The molecule has 0 spiro atoms. The average Bonchev–Trinajstić information content (AvgIpc) is 3.10. The van der Waals surface area contributed by atoms with E-state index < -0.39 is 18.0 Å². The van der Waals surface area contributed by atoms with Gasteiger partial charge in [-0.1, -0.05) is 98.1 Å². The lowest BCUT2D eigenvalue weighted by Gasteiger charge is -2.31. The van der Waals surface area contributed by atoms with E-state index in [0.29, 0.717) is 19.4 Å². The third kappa shape index (κ3) is 6.36. The summed E-state index contributed by atoms with van der Waals surface area (Å²) in [5, 5.41) is 12.3. The number of aliphatic carboxylic acids is 1. The van der Waals surface area contributed by atoms with Crippen molar-refractivity contribution in [3.8, 4) is 11.1 Å². The minimum atomic E-state index is -0.944. The largest absolute Gasteiger partial charge is 0.481 e. The summed E-state index contributed by atoms with van der Waals surface area (Å²) in [5.74, 6) is -1.53. The van der Waals surface area contributed by atoms with Crippen LogP contribution in [0.1, 0.15) is 61.1 Å². The Labute approximate surface area is 235 Å². The second kappa shape index (κ2) is 12.8. The van der Waals surface area contributed by atoms with Crippen molar-refractivity contribution in [3.63, 3.8) is 0 Å². The van der Waals surface area contributed by atoms with Crippen molar-refractivity contribution < 1.29 is 24.2 Å². The molecule has 40 heavy (non-hydrogen) atoms. The molecule has 7 nitrogen and oxygen atoms in total. The van der Waals surface area contributed by atoms with Gasteiger partial charge in [-0.2, -0.15) is 0 Å². The van der Waals surface area contributed by atoms with Crippen LogP contribution in [0.3, 0.4) is 0 Å². The van der Waals surface area contributed by atoms with E-state index in [1.807, 2.05) is 54.6 Å². The van der Waals surface area contributed by atoms with Crippen molar-refractivity contribution in [1.29, 1.82) is 0 Å². The number of ether oxygens (including phenoxy) is 1. The summed E-state index contributed by atoms with van der Waals surface area (Å²) in [4.78, 5) is 39.9. The Kier molecular flexibility index (Phi) is 8.79. The molecule has 7 heteroatoms. The number of carbonyl (C=O) groups is 3. The Hall–Kier alpha value is -4.13. The van der Waals surface area contributed by atoms with E-state index in [9.17, 15) is 19.5 Å². The van der Waals surface area contributed by atoms with Crippen LogP contribution in [0, 0.1) is 5.92 Å². The average molecular weight is 541 g/mol. The van der Waals surface area contributed by atoms with Crippen LogP contribution >= 0.6 is 0 Å². The maximum Gasteiger partial charge on any atom is 0.407 e. The molecule has 5 rings (SSSR count). The molecule has 0 radical (unpaired) electrons. The molecule has 0 saturated heterocycles. The van der Waals surface area contributed by atoms with Crippen LogP contribution in [0.4, 0.5) is 4.79 Å². The van der Waals surface area contributed by atoms with Gasteiger partial charge in [-0.05, 0) is 40.7 Å². The summed E-state index contributed by atoms with van der Waals surface area (Å²) < 4.78 is 5.79. The van der Waals surface area contributed by atoms with Crippen molar-refractivity contribution in [2.75, 3.05) is 13.2 Å². The predicted octanol–water partition coefficient (Wildman–Crippen LogP) is 5.98. The standard InChI is InChI=1S/C33H36N2O5/c36-31(37)19-20-35(21-23-11-3-1-4-12-23)32(38)28-17-5-2-6-18-30(28)34-33(39)40-22-29-26-15-9-7-13-24(26)25-14-8-10-16-27(25)29/h1,3-4,7-16,28-30H,2,5-6,17-22H2,(H,34,39)(H,36,37)/t28-,30+/m0/s1. The lowest BCUT2D eigenvalue weighted by Crippen LogP contribution is -2.48. The molecule has 0 aliphatic heterocycles. The molecule has 0 heterocycles. The van der Waals surface area contributed by atoms with E-state index in [-0.39, 0.29) is 37.4 Å². The number of carboxylic acids is 1. The molecule has 2 N–H and O–H groups in total. The van der Waals surface area contributed by atoms with Crippen molar-refractivity contribution in [2.24, 2.45) is 5.92 Å². The number of hydrogen-bond donors (Lipinski definition) is 2. The molecule has 0 unspecified atom stereocenters. The topological polar surface area (TPSA) is 95.9 Å². The normalized spacial score (nSPS) is 18.2. The van der Waals surface area contributed by atoms with Crippen molar-refractivity contribution in [2.45, 2.75) is 57.0 Å². The molecule has 3 aromatic carbocycles. The molecule has 0 bridgehead atoms. The van der Waals surface area contributed by atoms with Crippen molar-refractivity contribution in [3.05, 3.63) is 95.6 Å². The number of rotatable bonds is 9. The minimum Gasteiger partial charge on any atom is -0.481 e. The first-order valence-electron chi connectivity index (χ1n) is 14.2. The molecule has 0 aromatic heterocycles. The zero-order valence-corrected chi connectivity index (χ0v) is 22.6. The molecule has 3 aromatic rings. The van der Waals surface area contributed by atoms with Gasteiger partial charge >= 0.3 is 12.1 Å². The third-order valence-corrected chi connectivity index (χ3v) is 8.10. The van der Waals surface area contributed by atoms with E-state index in [4.69, 9.17) is 4.74 Å². The van der Waals surface area contributed by atoms with Gasteiger partial charge in [-0.15, -0.1) is 0 Å². The van der Waals surface area contributed by atoms with Crippen LogP contribution < -0.4 is 5.32 Å². The number of amides is 2. The van der Waals surface area contributed by atoms with Gasteiger partial charge in [0.2, 0.25) is 5.91 Å². The second-order valence-electron chi connectivity index (χ2n) is 10.7. The molecule has 2 atom stereocenters. The van der Waals surface area contributed by atoms with Crippen LogP contribution in [-0.4, -0.2) is 47.2 Å². The van der Waals surface area contributed by atoms with E-state index in [2.05, 4.69) is 29.6 Å². The first-order valence-corrected chi connectivity index (χ1v) is 14.2. The molecule has 2 amide bonds. The Morgan fingerprint density at radius 3 is 2.12 bits per heavy atom. The molecule has 208 valence electrons. The van der Waals surface area contributed by atoms with E-state index in [1.54, 1.807) is 4.90 Å². The fraction of sp³-hybridized carbons (Fsp3) is 0.364. The predicted molar refractivity (Wildman–Crippen MR) is 153 cm³/mol. The highest BCUT2D eigenvalue weighted by atomic mass is 16.5. The summed E-state index contributed by atoms with van der Waals surface area (Å²) in [7, 11) is 0. The number of carbonyl (C=O) groups excluding carboxylic acids is 2. The van der Waals surface area contributed by atoms with Gasteiger partial charge in [0.25, 0.3) is 0 Å². The SMILES string of the molecule is O=C(O)CCN(Cc1ccccc1)C(=O)[C@H]1CCCCC[C@H]1NC(=O)OCC1c2ccccc2-c2ccccc21. The van der Waals surface area contributed by atoms with E-state index >= 15 is 0 Å². The monoisotopic (exact) mass is 540 g/mol. The minimum absolute atomic E-state index is 0.0397. The maximum atomic E-state index is 13.8. The number of hydrogen-bond acceptors (Lipinski definition) is 4. The fourth-order valence-electron chi connectivity index (χ4n) is 6.10. The van der Waals surface area contributed by atoms with E-state index in [0.717, 1.165) is 36.0 Å². The zero-order chi connectivity index (χ0) is 27.9. The number of alkyl carbamates (subject to hydrolysis) is 1. The molecule has 1 saturated carbocycles. The highest BCUT2D eigenvalue weighted by Gasteiger charge is 2.35. The van der Waals surface area contributed by atoms with Gasteiger partial charge in [-0.25, -0.2) is 4.79 Å². The quantitative estimate of drug-likeness (QED) is 0.326. The van der Waals surface area contributed by atoms with Crippen LogP contribution in [0.2, 0.25) is 0 Å². The Morgan fingerprint density at radius 2 is 1.45 bits per heavy atom. The summed E-state index contributed by atoms with van der Waals surface area (Å²) in [5.41, 5.74) is 5.57. The molecule has 2 aliphatic rings. The van der Waals surface area contributed by atoms with Crippen LogP contribution in [-0.2, 0) is 20.9 Å². The number of fused-ring (bicyclic) bond motifs is 3. The number of nitrogens with zero attached hydrogens (tertiary/aromatic N) is 1. The summed E-state index contributed by atoms with van der Waals surface area (Å²) in [6, 6.07) is 25.6. The molecular formula is C33H36N2O5. The van der Waals surface area contributed by atoms with Gasteiger partial charge < -0.3 is 20.1 Å². The van der Waals surface area contributed by atoms with Crippen LogP contribution in [0.25, 0.3) is 11.1 Å². The lowest BCUT2D eigenvalue weighted by atomic mass is 9.93. The van der Waals surface area contributed by atoms with Crippen LogP contribution in [0.15, 0.2) is 78.9 Å². The van der Waals surface area contributed by atoms with E-state index in [1.165, 1.54) is 11.1 Å². The Balaban J connectivity index is 1.27. The summed E-state index contributed by atoms with van der Waals surface area (Å²) in [6.07, 6.45) is 3.45. The summed E-state index contributed by atoms with van der Waals surface area (Å²) in [6.45, 7) is 0.669. The third-order valence-electron chi connectivity index (χ3n) is 8.10. The fourth-order valence-corrected chi connectivity index (χ4v) is 6.10. The Morgan fingerprint density at radius 1 is 0.825 bits per heavy atom. The van der Waals surface area contributed by atoms with Crippen molar-refractivity contribution in [1.82, 2.24) is 10.2 Å². The number of carboxylic acid groups (broad SMARTS) is 1. The summed E-state index contributed by atoms with van der Waals surface area (Å²) >= 11 is 0. The van der Waals surface area contributed by atoms with Crippen molar-refractivity contribution >= 4 is 18.0 Å². The smallest absolute Gasteiger partial charge is 0.407 e. The first-order chi connectivity index (χ1) is 19.5. The number of nitrogens with one attached hydrogen (secondary N) is 1. The van der Waals surface area contributed by atoms with Gasteiger partial charge in [0.1, 0.15) is 6.61 Å². The highest BCUT2D eigenvalue weighted by molar-refractivity contribution is 5.81. The molecule has 2 aliphatic carbocycles. The lowest BCUT2D eigenvalue weighted by molar-refractivity contribution is -0.140. The zero-order valence-electron chi connectivity index (χ0n) is 22.6. The maximum absolute atomic E-state index is 13.8. The first kappa shape index (κ1) is 27.4. The van der Waals surface area contributed by atoms with Crippen LogP contribution in [0.5, 0.6) is 0 Å². The van der Waals surface area contributed by atoms with Gasteiger partial charge in [-0.3, -0.25) is 9.59 Å². The molecular weight excluding hydrogens is 504 g/mol. The second-order valence-corrected chi connectivity index (χ2v) is 10.7.